The zero-order chi connectivity index (χ0) is 24.6. The van der Waals surface area contributed by atoms with Crippen molar-refractivity contribution in [2.24, 2.45) is 0 Å². The highest BCUT2D eigenvalue weighted by atomic mass is 32.2. The molecule has 1 aliphatic heterocycles. The van der Waals surface area contributed by atoms with Crippen molar-refractivity contribution >= 4 is 34.2 Å². The van der Waals surface area contributed by atoms with Crippen molar-refractivity contribution in [3.8, 4) is 0 Å². The molecule has 0 radical (unpaired) electrons. The second-order valence-electron chi connectivity index (χ2n) is 8.87. The van der Waals surface area contributed by atoms with Gasteiger partial charge in [-0.05, 0) is 67.7 Å². The summed E-state index contributed by atoms with van der Waals surface area (Å²) in [4.78, 5) is 20.5. The molecule has 0 saturated carbocycles. The van der Waals surface area contributed by atoms with Gasteiger partial charge in [0, 0.05) is 47.7 Å². The molecule has 0 fully saturated rings. The number of amides is 1. The van der Waals surface area contributed by atoms with Crippen LogP contribution in [0.4, 0.5) is 11.4 Å². The average Bonchev–Trinajstić information content (AvgIpc) is 3.28. The minimum Gasteiger partial charge on any atom is -0.371 e. The van der Waals surface area contributed by atoms with Crippen molar-refractivity contribution in [1.82, 2.24) is 9.55 Å². The number of carbonyl (C=O) groups is 1. The Morgan fingerprint density at radius 2 is 1.83 bits per heavy atom. The molecule has 2 aromatic carbocycles. The lowest BCUT2D eigenvalue weighted by molar-refractivity contribution is -0.112. The van der Waals surface area contributed by atoms with Crippen LogP contribution in [0.5, 0.6) is 0 Å². The van der Waals surface area contributed by atoms with Gasteiger partial charge < -0.3 is 14.8 Å². The van der Waals surface area contributed by atoms with Crippen LogP contribution >= 0.6 is 0 Å². The normalized spacial score (nSPS) is 15.9. The molecular weight excluding hydrogens is 456 g/mol. The highest BCUT2D eigenvalue weighted by Gasteiger charge is 2.17. The van der Waals surface area contributed by atoms with E-state index >= 15 is 0 Å². The average molecular weight is 491 g/mol. The molecule has 1 amide bonds. The molecular formula is C28H34N4O2S. The van der Waals surface area contributed by atoms with Gasteiger partial charge in [-0.2, -0.15) is 0 Å². The molecule has 1 aromatic heterocycles. The van der Waals surface area contributed by atoms with E-state index in [0.29, 0.717) is 11.4 Å². The number of nitrogens with zero attached hydrogens (tertiary/aromatic N) is 3. The molecule has 184 valence electrons. The van der Waals surface area contributed by atoms with E-state index in [4.69, 9.17) is 0 Å². The number of hydrogen-bond acceptors (Lipinski definition) is 4. The molecule has 1 aliphatic rings. The molecule has 4 rings (SSSR count). The Labute approximate surface area is 210 Å². The van der Waals surface area contributed by atoms with Gasteiger partial charge in [-0.15, -0.1) is 0 Å². The molecule has 1 atom stereocenters. The molecule has 7 heteroatoms. The number of nitrogens with one attached hydrogen (secondary N) is 1. The van der Waals surface area contributed by atoms with E-state index in [-0.39, 0.29) is 5.91 Å². The molecule has 1 N–H and O–H groups in total. The second-order valence-corrected chi connectivity index (χ2v) is 10.3. The maximum absolute atomic E-state index is 13.1. The SMILES string of the molecule is CCCN1CCC/C(C(=O)Nc2ccc(S(=O)Cc3cncn3CCC)cc2)=C\c2ccccc21. The largest absolute Gasteiger partial charge is 0.371 e. The molecule has 6 nitrogen and oxygen atoms in total. The third-order valence-corrected chi connectivity index (χ3v) is 7.54. The molecule has 1 unspecified atom stereocenters. The van der Waals surface area contributed by atoms with Gasteiger partial charge in [-0.1, -0.05) is 32.0 Å². The highest BCUT2D eigenvalue weighted by Crippen LogP contribution is 2.28. The maximum atomic E-state index is 13.1. The number of aromatic nitrogens is 2. The lowest BCUT2D eigenvalue weighted by Crippen LogP contribution is -2.27. The van der Waals surface area contributed by atoms with Gasteiger partial charge in [-0.3, -0.25) is 9.00 Å². The van der Waals surface area contributed by atoms with E-state index in [9.17, 15) is 9.00 Å². The Hall–Kier alpha value is -3.19. The number of carbonyl (C=O) groups excluding carboxylic acids is 1. The van der Waals surface area contributed by atoms with Crippen LogP contribution < -0.4 is 10.2 Å². The molecule has 2 heterocycles. The Balaban J connectivity index is 1.44. The van der Waals surface area contributed by atoms with Crippen molar-refractivity contribution < 1.29 is 9.00 Å². The fourth-order valence-corrected chi connectivity index (χ4v) is 5.56. The predicted molar refractivity (Wildman–Crippen MR) is 144 cm³/mol. The van der Waals surface area contributed by atoms with Crippen LogP contribution in [0.1, 0.15) is 50.8 Å². The van der Waals surface area contributed by atoms with E-state index in [1.54, 1.807) is 12.5 Å². The third kappa shape index (κ3) is 6.28. The van der Waals surface area contributed by atoms with Gasteiger partial charge in [0.2, 0.25) is 0 Å². The zero-order valence-electron chi connectivity index (χ0n) is 20.6. The van der Waals surface area contributed by atoms with E-state index in [0.717, 1.165) is 67.0 Å². The summed E-state index contributed by atoms with van der Waals surface area (Å²) in [5.41, 5.74) is 4.72. The maximum Gasteiger partial charge on any atom is 0.251 e. The van der Waals surface area contributed by atoms with Crippen LogP contribution in [0.15, 0.2) is 71.5 Å². The zero-order valence-corrected chi connectivity index (χ0v) is 21.4. The number of imidazole rings is 1. The van der Waals surface area contributed by atoms with E-state index < -0.39 is 10.8 Å². The van der Waals surface area contributed by atoms with E-state index in [1.807, 2.05) is 36.4 Å². The van der Waals surface area contributed by atoms with Gasteiger partial charge in [0.1, 0.15) is 0 Å². The number of para-hydroxylation sites is 1. The predicted octanol–water partition coefficient (Wildman–Crippen LogP) is 5.63. The summed E-state index contributed by atoms with van der Waals surface area (Å²) in [6, 6.07) is 15.6. The van der Waals surface area contributed by atoms with Crippen molar-refractivity contribution in [1.29, 1.82) is 0 Å². The molecule has 0 bridgehead atoms. The van der Waals surface area contributed by atoms with Gasteiger partial charge in [-0.25, -0.2) is 4.98 Å². The second kappa shape index (κ2) is 12.0. The Bertz CT molecular complexity index is 1200. The summed E-state index contributed by atoms with van der Waals surface area (Å²) >= 11 is 0. The quantitative estimate of drug-likeness (QED) is 0.422. The highest BCUT2D eigenvalue weighted by molar-refractivity contribution is 7.84. The van der Waals surface area contributed by atoms with Gasteiger partial charge in [0.15, 0.2) is 0 Å². The van der Waals surface area contributed by atoms with Gasteiger partial charge >= 0.3 is 0 Å². The number of anilines is 2. The van der Waals surface area contributed by atoms with Crippen LogP contribution in [0, 0.1) is 0 Å². The third-order valence-electron chi connectivity index (χ3n) is 6.18. The smallest absolute Gasteiger partial charge is 0.251 e. The monoisotopic (exact) mass is 490 g/mol. The lowest BCUT2D eigenvalue weighted by Gasteiger charge is -2.28. The Morgan fingerprint density at radius 1 is 1.06 bits per heavy atom. The van der Waals surface area contributed by atoms with E-state index in [2.05, 4.69) is 51.8 Å². The first-order valence-corrected chi connectivity index (χ1v) is 13.7. The number of rotatable bonds is 9. The number of aryl methyl sites for hydroxylation is 1. The molecule has 0 spiro atoms. The number of fused-ring (bicyclic) bond motifs is 1. The van der Waals surface area contributed by atoms with Gasteiger partial charge in [0.05, 0.1) is 28.6 Å². The first kappa shape index (κ1) is 24.9. The standard InChI is InChI=1S/C28H34N4O2S/c1-3-15-31-17-7-9-23(18-22-8-5-6-10-27(22)31)28(33)30-24-11-13-26(14-12-24)35(34)20-25-19-29-21-32(25)16-4-2/h5-6,8,10-14,18-19,21H,3-4,7,9,15-17,20H2,1-2H3,(H,30,33)/b23-18+. The minimum atomic E-state index is -1.18. The topological polar surface area (TPSA) is 67.2 Å². The molecule has 0 saturated heterocycles. The first-order chi connectivity index (χ1) is 17.1. The Kier molecular flexibility index (Phi) is 8.53. The first-order valence-electron chi connectivity index (χ1n) is 12.4. The number of hydrogen-bond donors (Lipinski definition) is 1. The molecule has 35 heavy (non-hydrogen) atoms. The van der Waals surface area contributed by atoms with E-state index in [1.165, 1.54) is 5.69 Å². The molecule has 0 aliphatic carbocycles. The summed E-state index contributed by atoms with van der Waals surface area (Å²) in [7, 11) is -1.18. The fraction of sp³-hybridized carbons (Fsp3) is 0.357. The van der Waals surface area contributed by atoms with Crippen molar-refractivity contribution in [2.45, 2.75) is 56.7 Å². The van der Waals surface area contributed by atoms with Crippen molar-refractivity contribution in [3.05, 3.63) is 77.9 Å². The summed E-state index contributed by atoms with van der Waals surface area (Å²) in [5, 5.41) is 3.03. The minimum absolute atomic E-state index is 0.0823. The van der Waals surface area contributed by atoms with Crippen molar-refractivity contribution in [3.63, 3.8) is 0 Å². The summed E-state index contributed by atoms with van der Waals surface area (Å²) in [5.74, 6) is 0.341. The van der Waals surface area contributed by atoms with Crippen molar-refractivity contribution in [2.75, 3.05) is 23.3 Å². The lowest BCUT2D eigenvalue weighted by atomic mass is 10.0. The summed E-state index contributed by atoms with van der Waals surface area (Å²) in [6.45, 7) is 7.13. The summed E-state index contributed by atoms with van der Waals surface area (Å²) in [6.07, 6.45) is 9.35. The van der Waals surface area contributed by atoms with Crippen LogP contribution in [0.3, 0.4) is 0 Å². The fourth-order valence-electron chi connectivity index (χ4n) is 4.45. The number of benzene rings is 2. The van der Waals surface area contributed by atoms with Crippen LogP contribution in [-0.4, -0.2) is 32.8 Å². The Morgan fingerprint density at radius 3 is 2.60 bits per heavy atom. The van der Waals surface area contributed by atoms with Crippen LogP contribution in [-0.2, 0) is 27.9 Å². The molecule has 3 aromatic rings. The van der Waals surface area contributed by atoms with Gasteiger partial charge in [0.25, 0.3) is 5.91 Å². The van der Waals surface area contributed by atoms with Crippen LogP contribution in [0.25, 0.3) is 6.08 Å². The van der Waals surface area contributed by atoms with Crippen LogP contribution in [0.2, 0.25) is 0 Å². The summed E-state index contributed by atoms with van der Waals surface area (Å²) < 4.78 is 14.9.